The summed E-state index contributed by atoms with van der Waals surface area (Å²) in [5.74, 6) is -1.10. The third kappa shape index (κ3) is 4.64. The molecule has 0 aromatic heterocycles. The largest absolute Gasteiger partial charge is 0.452 e. The number of ether oxygens (including phenoxy) is 1. The van der Waals surface area contributed by atoms with Crippen LogP contribution >= 0.6 is 0 Å². The summed E-state index contributed by atoms with van der Waals surface area (Å²) in [6.45, 7) is 0.237. The Labute approximate surface area is 165 Å². The summed E-state index contributed by atoms with van der Waals surface area (Å²) >= 11 is 0. The van der Waals surface area contributed by atoms with E-state index in [-0.39, 0.29) is 11.5 Å². The van der Waals surface area contributed by atoms with Crippen molar-refractivity contribution in [2.45, 2.75) is 17.7 Å². The summed E-state index contributed by atoms with van der Waals surface area (Å²) in [7, 11) is -1.34. The van der Waals surface area contributed by atoms with Gasteiger partial charge in [-0.3, -0.25) is 13.8 Å². The Hall–Kier alpha value is -3.00. The zero-order valence-corrected chi connectivity index (χ0v) is 16.2. The predicted molar refractivity (Wildman–Crippen MR) is 106 cm³/mol. The molecule has 0 spiro atoms. The molecule has 146 valence electrons. The zero-order chi connectivity index (χ0) is 20.1. The molecule has 1 fully saturated rings. The average Bonchev–Trinajstić information content (AvgIpc) is 3.12. The van der Waals surface area contributed by atoms with Crippen LogP contribution in [0.25, 0.3) is 0 Å². The topological polar surface area (TPSA) is 92.8 Å². The number of rotatable bonds is 6. The van der Waals surface area contributed by atoms with Gasteiger partial charge in [-0.25, -0.2) is 4.79 Å². The third-order valence-corrected chi connectivity index (χ3v) is 5.26. The van der Waals surface area contributed by atoms with Crippen LogP contribution in [0, 0.1) is 0 Å². The fourth-order valence-corrected chi connectivity index (χ4v) is 3.67. The lowest BCUT2D eigenvalue weighted by atomic mass is 10.2. The van der Waals surface area contributed by atoms with Crippen molar-refractivity contribution in [3.63, 3.8) is 0 Å². The van der Waals surface area contributed by atoms with Crippen LogP contribution in [0.1, 0.15) is 23.2 Å². The number of nitrogens with one attached hydrogen (secondary N) is 1. The maximum absolute atomic E-state index is 12.2. The van der Waals surface area contributed by atoms with E-state index in [0.717, 1.165) is 12.1 Å². The maximum atomic E-state index is 12.2. The molecule has 1 N–H and O–H groups in total. The van der Waals surface area contributed by atoms with Crippen LogP contribution in [-0.2, 0) is 25.1 Å². The first-order chi connectivity index (χ1) is 13.5. The van der Waals surface area contributed by atoms with Crippen LogP contribution in [0.2, 0.25) is 0 Å². The van der Waals surface area contributed by atoms with Crippen molar-refractivity contribution in [3.05, 3.63) is 54.1 Å². The number of esters is 1. The fourth-order valence-electron chi connectivity index (χ4n) is 2.94. The summed E-state index contributed by atoms with van der Waals surface area (Å²) in [6.07, 6.45) is 2.87. The van der Waals surface area contributed by atoms with Gasteiger partial charge in [-0.15, -0.1) is 0 Å². The van der Waals surface area contributed by atoms with E-state index in [1.807, 2.05) is 0 Å². The van der Waals surface area contributed by atoms with Gasteiger partial charge in [0.1, 0.15) is 0 Å². The summed E-state index contributed by atoms with van der Waals surface area (Å²) in [6, 6.07) is 13.3. The van der Waals surface area contributed by atoms with E-state index in [4.69, 9.17) is 4.74 Å². The van der Waals surface area contributed by atoms with E-state index in [2.05, 4.69) is 5.32 Å². The Morgan fingerprint density at radius 2 is 1.86 bits per heavy atom. The first-order valence-corrected chi connectivity index (χ1v) is 10.3. The van der Waals surface area contributed by atoms with Crippen molar-refractivity contribution in [2.24, 2.45) is 0 Å². The minimum absolute atomic E-state index is 0.0944. The molecule has 2 aromatic rings. The molecule has 0 saturated carbocycles. The van der Waals surface area contributed by atoms with Crippen molar-refractivity contribution < 1.29 is 23.3 Å². The van der Waals surface area contributed by atoms with Crippen molar-refractivity contribution in [1.29, 1.82) is 0 Å². The van der Waals surface area contributed by atoms with Crippen LogP contribution in [0.4, 0.5) is 11.4 Å². The molecule has 1 atom stereocenters. The highest BCUT2D eigenvalue weighted by molar-refractivity contribution is 7.84. The monoisotopic (exact) mass is 400 g/mol. The Morgan fingerprint density at radius 1 is 1.14 bits per heavy atom. The van der Waals surface area contributed by atoms with Gasteiger partial charge in [0.25, 0.3) is 5.91 Å². The Morgan fingerprint density at radius 3 is 2.50 bits per heavy atom. The lowest BCUT2D eigenvalue weighted by molar-refractivity contribution is -0.119. The second kappa shape index (κ2) is 8.79. The number of benzene rings is 2. The number of hydrogen-bond donors (Lipinski definition) is 1. The molecule has 3 rings (SSSR count). The molecule has 0 radical (unpaired) electrons. The van der Waals surface area contributed by atoms with Gasteiger partial charge in [0.05, 0.1) is 21.3 Å². The first-order valence-electron chi connectivity index (χ1n) is 8.75. The van der Waals surface area contributed by atoms with E-state index < -0.39 is 29.3 Å². The van der Waals surface area contributed by atoms with Crippen LogP contribution in [0.3, 0.4) is 0 Å². The highest BCUT2D eigenvalue weighted by atomic mass is 32.2. The molecule has 2 aromatic carbocycles. The molecule has 0 bridgehead atoms. The van der Waals surface area contributed by atoms with Gasteiger partial charge >= 0.3 is 5.97 Å². The summed E-state index contributed by atoms with van der Waals surface area (Å²) in [5.41, 5.74) is 1.50. The van der Waals surface area contributed by atoms with Crippen LogP contribution in [-0.4, -0.2) is 41.4 Å². The molecule has 7 nitrogen and oxygen atoms in total. The molecule has 0 aliphatic carbocycles. The van der Waals surface area contributed by atoms with E-state index in [9.17, 15) is 18.6 Å². The Kier molecular flexibility index (Phi) is 6.20. The highest BCUT2D eigenvalue weighted by Crippen LogP contribution is 2.23. The number of nitrogens with zero attached hydrogens (tertiary/aromatic N) is 1. The lowest BCUT2D eigenvalue weighted by Gasteiger charge is -2.16. The molecular weight excluding hydrogens is 380 g/mol. The van der Waals surface area contributed by atoms with Crippen molar-refractivity contribution in [3.8, 4) is 0 Å². The number of hydrogen-bond acceptors (Lipinski definition) is 5. The maximum Gasteiger partial charge on any atom is 0.339 e. The first kappa shape index (κ1) is 19.8. The van der Waals surface area contributed by atoms with Crippen molar-refractivity contribution >= 4 is 40.0 Å². The standard InChI is InChI=1S/C20H20N2O5S/c1-28(26)17-6-3-2-5-16(17)20(25)27-13-18(23)21-14-8-10-15(11-9-14)22-12-4-7-19(22)24/h2-3,5-6,8-11H,4,7,12-13H2,1H3,(H,21,23)/t28-/m0/s1. The molecule has 1 saturated heterocycles. The average molecular weight is 400 g/mol. The van der Waals surface area contributed by atoms with Gasteiger partial charge in [-0.2, -0.15) is 0 Å². The Bertz CT molecular complexity index is 926. The smallest absolute Gasteiger partial charge is 0.339 e. The van der Waals surface area contributed by atoms with E-state index in [0.29, 0.717) is 23.5 Å². The number of anilines is 2. The third-order valence-electron chi connectivity index (χ3n) is 4.29. The van der Waals surface area contributed by atoms with E-state index in [1.165, 1.54) is 12.3 Å². The van der Waals surface area contributed by atoms with Gasteiger partial charge in [0.2, 0.25) is 5.91 Å². The SMILES string of the molecule is C[S@](=O)c1ccccc1C(=O)OCC(=O)Nc1ccc(N2CCCC2=O)cc1. The molecular formula is C20H20N2O5S. The lowest BCUT2D eigenvalue weighted by Crippen LogP contribution is -2.24. The second-order valence-corrected chi connectivity index (χ2v) is 7.62. The predicted octanol–water partition coefficient (Wildman–Crippen LogP) is 2.35. The molecule has 8 heteroatoms. The van der Waals surface area contributed by atoms with Crippen LogP contribution in [0.15, 0.2) is 53.4 Å². The van der Waals surface area contributed by atoms with E-state index in [1.54, 1.807) is 47.4 Å². The van der Waals surface area contributed by atoms with Crippen LogP contribution < -0.4 is 10.2 Å². The highest BCUT2D eigenvalue weighted by Gasteiger charge is 2.21. The normalized spacial score (nSPS) is 14.6. The molecule has 1 aliphatic rings. The fraction of sp³-hybridized carbons (Fsp3) is 0.250. The molecule has 0 unspecified atom stereocenters. The zero-order valence-electron chi connectivity index (χ0n) is 15.3. The summed E-state index contributed by atoms with van der Waals surface area (Å²) in [4.78, 5) is 38.1. The minimum atomic E-state index is -1.34. The Balaban J connectivity index is 1.55. The molecule has 2 amide bonds. The quantitative estimate of drug-likeness (QED) is 0.752. The second-order valence-electron chi connectivity index (χ2n) is 6.27. The van der Waals surface area contributed by atoms with Gasteiger partial charge < -0.3 is 15.0 Å². The molecule has 1 heterocycles. The van der Waals surface area contributed by atoms with Crippen molar-refractivity contribution in [1.82, 2.24) is 0 Å². The number of amides is 2. The number of carbonyl (C=O) groups excluding carboxylic acids is 3. The minimum Gasteiger partial charge on any atom is -0.452 e. The van der Waals surface area contributed by atoms with Crippen LogP contribution in [0.5, 0.6) is 0 Å². The van der Waals surface area contributed by atoms with Gasteiger partial charge in [0.15, 0.2) is 6.61 Å². The molecule has 1 aliphatic heterocycles. The number of carbonyl (C=O) groups is 3. The van der Waals surface area contributed by atoms with Gasteiger partial charge in [0, 0.05) is 30.6 Å². The van der Waals surface area contributed by atoms with Gasteiger partial charge in [-0.1, -0.05) is 12.1 Å². The molecule has 28 heavy (non-hydrogen) atoms. The van der Waals surface area contributed by atoms with Crippen molar-refractivity contribution in [2.75, 3.05) is 29.6 Å². The summed E-state index contributed by atoms with van der Waals surface area (Å²) < 4.78 is 16.7. The van der Waals surface area contributed by atoms with E-state index >= 15 is 0 Å². The van der Waals surface area contributed by atoms with Gasteiger partial charge in [-0.05, 0) is 42.8 Å². The summed E-state index contributed by atoms with van der Waals surface area (Å²) in [5, 5.41) is 2.64.